The smallest absolute Gasteiger partial charge is 0.341 e. The summed E-state index contributed by atoms with van der Waals surface area (Å²) in [5.41, 5.74) is 2.45. The van der Waals surface area contributed by atoms with Crippen molar-refractivity contribution in [3.8, 4) is 11.5 Å². The van der Waals surface area contributed by atoms with E-state index in [4.69, 9.17) is 14.6 Å². The molecule has 6 nitrogen and oxygen atoms in total. The number of para-hydroxylation sites is 1. The van der Waals surface area contributed by atoms with Crippen LogP contribution in [0.25, 0.3) is 0 Å². The molecule has 0 saturated carbocycles. The normalized spacial score (nSPS) is 17.2. The van der Waals surface area contributed by atoms with E-state index < -0.39 is 12.1 Å². The number of carboxylic acid groups (broad SMARTS) is 1. The van der Waals surface area contributed by atoms with Crippen LogP contribution in [-0.2, 0) is 17.6 Å². The molecule has 0 fully saturated rings. The second-order valence-corrected chi connectivity index (χ2v) is 7.09. The number of aliphatic carboxylic acids is 1. The summed E-state index contributed by atoms with van der Waals surface area (Å²) in [5.74, 6) is 0.376. The van der Waals surface area contributed by atoms with Crippen LogP contribution in [0.4, 0.5) is 0 Å². The van der Waals surface area contributed by atoms with Gasteiger partial charge in [0.2, 0.25) is 0 Å². The highest BCUT2D eigenvalue weighted by Gasteiger charge is 2.18. The van der Waals surface area contributed by atoms with E-state index in [1.807, 2.05) is 48.5 Å². The summed E-state index contributed by atoms with van der Waals surface area (Å²) in [5, 5.41) is 22.4. The number of rotatable bonds is 9. The summed E-state index contributed by atoms with van der Waals surface area (Å²) in [6.07, 6.45) is 3.29. The van der Waals surface area contributed by atoms with Crippen LogP contribution in [0.3, 0.4) is 0 Å². The highest BCUT2D eigenvalue weighted by atomic mass is 16.5. The molecule has 150 valence electrons. The van der Waals surface area contributed by atoms with Crippen LogP contribution in [0.5, 0.6) is 11.5 Å². The minimum Gasteiger partial charge on any atom is -0.491 e. The second-order valence-electron chi connectivity index (χ2n) is 7.09. The molecule has 6 heteroatoms. The Hall–Kier alpha value is -2.57. The van der Waals surface area contributed by atoms with Crippen LogP contribution < -0.4 is 14.8 Å². The Morgan fingerprint density at radius 2 is 1.93 bits per heavy atom. The Morgan fingerprint density at radius 1 is 1.11 bits per heavy atom. The molecule has 1 aliphatic carbocycles. The first kappa shape index (κ1) is 20.2. The molecule has 0 aromatic heterocycles. The highest BCUT2D eigenvalue weighted by molar-refractivity contribution is 5.68. The zero-order valence-corrected chi connectivity index (χ0v) is 15.8. The number of hydrogen-bond donors (Lipinski definition) is 3. The molecule has 0 spiro atoms. The van der Waals surface area contributed by atoms with E-state index in [0.717, 1.165) is 31.4 Å². The van der Waals surface area contributed by atoms with E-state index in [1.54, 1.807) is 0 Å². The van der Waals surface area contributed by atoms with Gasteiger partial charge in [-0.1, -0.05) is 24.3 Å². The van der Waals surface area contributed by atoms with Crippen LogP contribution in [-0.4, -0.2) is 48.1 Å². The van der Waals surface area contributed by atoms with Gasteiger partial charge >= 0.3 is 5.97 Å². The highest BCUT2D eigenvalue weighted by Crippen LogP contribution is 2.25. The summed E-state index contributed by atoms with van der Waals surface area (Å²) in [4.78, 5) is 10.7. The largest absolute Gasteiger partial charge is 0.491 e. The van der Waals surface area contributed by atoms with E-state index in [1.165, 1.54) is 11.1 Å². The maximum atomic E-state index is 10.7. The van der Waals surface area contributed by atoms with E-state index in [0.29, 0.717) is 18.3 Å². The fourth-order valence-electron chi connectivity index (χ4n) is 3.42. The molecule has 2 aromatic rings. The van der Waals surface area contributed by atoms with Crippen molar-refractivity contribution in [2.45, 2.75) is 37.8 Å². The fourth-order valence-corrected chi connectivity index (χ4v) is 3.42. The maximum absolute atomic E-state index is 10.7. The van der Waals surface area contributed by atoms with Crippen molar-refractivity contribution >= 4 is 5.97 Å². The lowest BCUT2D eigenvalue weighted by molar-refractivity contribution is -0.139. The molecule has 1 unspecified atom stereocenters. The van der Waals surface area contributed by atoms with Gasteiger partial charge < -0.3 is 25.0 Å². The molecule has 0 aliphatic heterocycles. The van der Waals surface area contributed by atoms with Gasteiger partial charge in [-0.2, -0.15) is 0 Å². The Kier molecular flexibility index (Phi) is 7.28. The SMILES string of the molecule is O=C(O)COc1ccc2c(c1)CCCC(NC[C@H](O)COc1ccccc1)C2. The molecular weight excluding hydrogens is 358 g/mol. The summed E-state index contributed by atoms with van der Waals surface area (Å²) < 4.78 is 10.9. The molecule has 0 bridgehead atoms. The van der Waals surface area contributed by atoms with Gasteiger partial charge in [-0.25, -0.2) is 4.79 Å². The van der Waals surface area contributed by atoms with Gasteiger partial charge in [0, 0.05) is 12.6 Å². The van der Waals surface area contributed by atoms with Crippen molar-refractivity contribution in [1.82, 2.24) is 5.32 Å². The number of carbonyl (C=O) groups is 1. The molecule has 0 heterocycles. The summed E-state index contributed by atoms with van der Waals surface area (Å²) in [6.45, 7) is 0.406. The zero-order chi connectivity index (χ0) is 19.8. The van der Waals surface area contributed by atoms with Crippen molar-refractivity contribution in [3.63, 3.8) is 0 Å². The quantitative estimate of drug-likeness (QED) is 0.575. The molecule has 0 radical (unpaired) electrons. The van der Waals surface area contributed by atoms with E-state index in [9.17, 15) is 9.90 Å². The van der Waals surface area contributed by atoms with Crippen LogP contribution in [0.2, 0.25) is 0 Å². The van der Waals surface area contributed by atoms with Crippen molar-refractivity contribution in [1.29, 1.82) is 0 Å². The molecule has 2 aromatic carbocycles. The third-order valence-corrected chi connectivity index (χ3v) is 4.83. The van der Waals surface area contributed by atoms with E-state index in [2.05, 4.69) is 5.32 Å². The number of aliphatic hydroxyl groups is 1. The predicted molar refractivity (Wildman–Crippen MR) is 106 cm³/mol. The first-order valence-electron chi connectivity index (χ1n) is 9.66. The van der Waals surface area contributed by atoms with Crippen LogP contribution in [0.1, 0.15) is 24.0 Å². The molecule has 3 rings (SSSR count). The van der Waals surface area contributed by atoms with Gasteiger partial charge in [-0.05, 0) is 61.1 Å². The number of fused-ring (bicyclic) bond motifs is 1. The Morgan fingerprint density at radius 3 is 2.71 bits per heavy atom. The first-order chi connectivity index (χ1) is 13.6. The number of hydrogen-bond acceptors (Lipinski definition) is 5. The number of benzene rings is 2. The Labute approximate surface area is 165 Å². The molecule has 0 saturated heterocycles. The van der Waals surface area contributed by atoms with Gasteiger partial charge in [0.15, 0.2) is 6.61 Å². The zero-order valence-electron chi connectivity index (χ0n) is 15.8. The third-order valence-electron chi connectivity index (χ3n) is 4.83. The molecule has 2 atom stereocenters. The second kappa shape index (κ2) is 10.1. The lowest BCUT2D eigenvalue weighted by Gasteiger charge is -2.20. The van der Waals surface area contributed by atoms with Crippen molar-refractivity contribution < 1.29 is 24.5 Å². The van der Waals surface area contributed by atoms with Crippen LogP contribution in [0, 0.1) is 0 Å². The average Bonchev–Trinajstić information content (AvgIpc) is 2.91. The van der Waals surface area contributed by atoms with Gasteiger partial charge in [0.05, 0.1) is 0 Å². The molecular formula is C22H27NO5. The maximum Gasteiger partial charge on any atom is 0.341 e. The van der Waals surface area contributed by atoms with Crippen molar-refractivity contribution in [2.24, 2.45) is 0 Å². The minimum atomic E-state index is -0.978. The van der Waals surface area contributed by atoms with Crippen LogP contribution >= 0.6 is 0 Å². The van der Waals surface area contributed by atoms with Crippen molar-refractivity contribution in [2.75, 3.05) is 19.8 Å². The first-order valence-corrected chi connectivity index (χ1v) is 9.66. The molecule has 28 heavy (non-hydrogen) atoms. The Balaban J connectivity index is 1.47. The van der Waals surface area contributed by atoms with E-state index in [-0.39, 0.29) is 13.2 Å². The van der Waals surface area contributed by atoms with Gasteiger partial charge in [0.1, 0.15) is 24.2 Å². The summed E-state index contributed by atoms with van der Waals surface area (Å²) >= 11 is 0. The monoisotopic (exact) mass is 385 g/mol. The molecule has 1 aliphatic rings. The van der Waals surface area contributed by atoms with Gasteiger partial charge in [0.25, 0.3) is 0 Å². The number of carboxylic acids is 1. The number of ether oxygens (including phenoxy) is 2. The van der Waals surface area contributed by atoms with E-state index >= 15 is 0 Å². The van der Waals surface area contributed by atoms with Crippen molar-refractivity contribution in [3.05, 3.63) is 59.7 Å². The predicted octanol–water partition coefficient (Wildman–Crippen LogP) is 2.43. The van der Waals surface area contributed by atoms with Crippen LogP contribution in [0.15, 0.2) is 48.5 Å². The third kappa shape index (κ3) is 6.25. The van der Waals surface area contributed by atoms with Gasteiger partial charge in [-0.3, -0.25) is 0 Å². The molecule has 3 N–H and O–H groups in total. The number of nitrogens with one attached hydrogen (secondary N) is 1. The minimum absolute atomic E-state index is 0.255. The van der Waals surface area contributed by atoms with Gasteiger partial charge in [-0.15, -0.1) is 0 Å². The topological polar surface area (TPSA) is 88.0 Å². The summed E-state index contributed by atoms with van der Waals surface area (Å²) in [6, 6.07) is 15.6. The lowest BCUT2D eigenvalue weighted by atomic mass is 10.0. The average molecular weight is 385 g/mol. The standard InChI is InChI=1S/C22H27NO5/c24-19(14-27-20-7-2-1-3-8-20)13-23-18-6-4-5-16-12-21(28-15-22(25)26)10-9-17(16)11-18/h1-3,7-10,12,18-19,23-24H,4-6,11,13-15H2,(H,25,26)/t18?,19-/m0/s1. The number of aryl methyl sites for hydroxylation is 1. The fraction of sp³-hybridized carbons (Fsp3) is 0.409. The Bertz CT molecular complexity index is 765. The number of aliphatic hydroxyl groups excluding tert-OH is 1. The lowest BCUT2D eigenvalue weighted by Crippen LogP contribution is -2.39. The molecule has 0 amide bonds. The summed E-state index contributed by atoms with van der Waals surface area (Å²) in [7, 11) is 0.